The second-order valence-corrected chi connectivity index (χ2v) is 7.32. The van der Waals surface area contributed by atoms with Gasteiger partial charge in [0.1, 0.15) is 11.3 Å². The van der Waals surface area contributed by atoms with Gasteiger partial charge in [0.05, 0.1) is 7.11 Å². The van der Waals surface area contributed by atoms with Crippen molar-refractivity contribution in [2.75, 3.05) is 7.11 Å². The highest BCUT2D eigenvalue weighted by Crippen LogP contribution is 2.29. The van der Waals surface area contributed by atoms with Crippen molar-refractivity contribution >= 4 is 5.97 Å². The van der Waals surface area contributed by atoms with Gasteiger partial charge in [-0.1, -0.05) is 32.9 Å². The van der Waals surface area contributed by atoms with Crippen LogP contribution in [0.4, 0.5) is 0 Å². The summed E-state index contributed by atoms with van der Waals surface area (Å²) in [6.45, 7) is 7.18. The summed E-state index contributed by atoms with van der Waals surface area (Å²) in [5, 5.41) is 12.9. The van der Waals surface area contributed by atoms with Gasteiger partial charge >= 0.3 is 5.97 Å². The van der Waals surface area contributed by atoms with E-state index in [1.54, 1.807) is 18.3 Å². The van der Waals surface area contributed by atoms with E-state index in [0.717, 1.165) is 17.5 Å². The molecule has 2 rings (SSSR count). The summed E-state index contributed by atoms with van der Waals surface area (Å²) < 4.78 is 5.11. The van der Waals surface area contributed by atoms with Gasteiger partial charge in [0, 0.05) is 25.0 Å². The Labute approximate surface area is 149 Å². The van der Waals surface area contributed by atoms with E-state index < -0.39 is 5.97 Å². The second kappa shape index (κ2) is 8.12. The van der Waals surface area contributed by atoms with Crippen LogP contribution in [-0.4, -0.2) is 23.2 Å². The largest absolute Gasteiger partial charge is 0.496 e. The zero-order chi connectivity index (χ0) is 18.4. The number of hydrogen-bond acceptors (Lipinski definition) is 4. The van der Waals surface area contributed by atoms with Crippen molar-refractivity contribution in [1.29, 1.82) is 0 Å². The van der Waals surface area contributed by atoms with Crippen LogP contribution in [-0.2, 0) is 6.54 Å². The van der Waals surface area contributed by atoms with Crippen molar-refractivity contribution in [3.8, 4) is 5.75 Å². The first-order valence-electron chi connectivity index (χ1n) is 8.33. The minimum Gasteiger partial charge on any atom is -0.496 e. The third kappa shape index (κ3) is 5.57. The molecule has 1 heterocycles. The zero-order valence-electron chi connectivity index (χ0n) is 15.2. The fraction of sp³-hybridized carbons (Fsp3) is 0.400. The third-order valence-corrected chi connectivity index (χ3v) is 3.95. The summed E-state index contributed by atoms with van der Waals surface area (Å²) >= 11 is 0. The first-order valence-corrected chi connectivity index (χ1v) is 8.33. The molecule has 0 radical (unpaired) electrons. The zero-order valence-corrected chi connectivity index (χ0v) is 15.2. The van der Waals surface area contributed by atoms with Gasteiger partial charge in [-0.25, -0.2) is 4.79 Å². The number of aromatic nitrogens is 1. The number of carboxylic acids is 1. The molecule has 0 saturated carbocycles. The molecule has 1 aromatic carbocycles. The van der Waals surface area contributed by atoms with Crippen LogP contribution in [0.3, 0.4) is 0 Å². The SMILES string of the molecule is COc1ccc(CNC(CC(C)(C)C)c2cccnc2)cc1C(=O)O. The normalized spacial score (nSPS) is 12.6. The molecule has 0 aliphatic rings. The van der Waals surface area contributed by atoms with Crippen molar-refractivity contribution in [2.45, 2.75) is 39.8 Å². The molecule has 0 fully saturated rings. The number of carboxylic acid groups (broad SMARTS) is 1. The lowest BCUT2D eigenvalue weighted by Gasteiger charge is -2.27. The van der Waals surface area contributed by atoms with Gasteiger partial charge in [0.2, 0.25) is 0 Å². The molecule has 25 heavy (non-hydrogen) atoms. The van der Waals surface area contributed by atoms with Crippen LogP contribution >= 0.6 is 0 Å². The van der Waals surface area contributed by atoms with Crippen LogP contribution in [0.15, 0.2) is 42.7 Å². The number of nitrogens with zero attached hydrogens (tertiary/aromatic N) is 1. The highest BCUT2D eigenvalue weighted by Gasteiger charge is 2.20. The van der Waals surface area contributed by atoms with E-state index in [1.807, 2.05) is 18.3 Å². The Morgan fingerprint density at radius 2 is 2.08 bits per heavy atom. The average Bonchev–Trinajstić information content (AvgIpc) is 2.58. The van der Waals surface area contributed by atoms with E-state index in [-0.39, 0.29) is 17.0 Å². The predicted octanol–water partition coefficient (Wildman–Crippen LogP) is 4.06. The number of carbonyl (C=O) groups is 1. The molecule has 5 heteroatoms. The van der Waals surface area contributed by atoms with Crippen LogP contribution in [0, 0.1) is 5.41 Å². The molecular formula is C20H26N2O3. The van der Waals surface area contributed by atoms with Crippen molar-refractivity contribution in [2.24, 2.45) is 5.41 Å². The molecule has 2 N–H and O–H groups in total. The van der Waals surface area contributed by atoms with Crippen molar-refractivity contribution in [3.63, 3.8) is 0 Å². The van der Waals surface area contributed by atoms with Crippen LogP contribution in [0.25, 0.3) is 0 Å². The summed E-state index contributed by atoms with van der Waals surface area (Å²) in [5.74, 6) is -0.619. The Balaban J connectivity index is 2.18. The molecule has 134 valence electrons. The topological polar surface area (TPSA) is 71.5 Å². The monoisotopic (exact) mass is 342 g/mol. The standard InChI is InChI=1S/C20H26N2O3/c1-20(2,3)11-17(15-6-5-9-21-13-15)22-12-14-7-8-18(25-4)16(10-14)19(23)24/h5-10,13,17,22H,11-12H2,1-4H3,(H,23,24). The predicted molar refractivity (Wildman–Crippen MR) is 97.8 cm³/mol. The van der Waals surface area contributed by atoms with E-state index in [1.165, 1.54) is 7.11 Å². The Bertz CT molecular complexity index is 709. The summed E-state index contributed by atoms with van der Waals surface area (Å²) in [6.07, 6.45) is 4.58. The average molecular weight is 342 g/mol. The Hall–Kier alpha value is -2.40. The smallest absolute Gasteiger partial charge is 0.339 e. The van der Waals surface area contributed by atoms with E-state index in [2.05, 4.69) is 37.1 Å². The maximum Gasteiger partial charge on any atom is 0.339 e. The lowest BCUT2D eigenvalue weighted by molar-refractivity contribution is 0.0693. The molecule has 0 aliphatic carbocycles. The fourth-order valence-corrected chi connectivity index (χ4v) is 2.78. The molecule has 0 spiro atoms. The van der Waals surface area contributed by atoms with Crippen LogP contribution in [0.5, 0.6) is 5.75 Å². The van der Waals surface area contributed by atoms with Gasteiger partial charge in [-0.3, -0.25) is 4.98 Å². The van der Waals surface area contributed by atoms with Crippen LogP contribution in [0.1, 0.15) is 54.7 Å². The minimum atomic E-state index is -0.989. The van der Waals surface area contributed by atoms with Gasteiger partial charge in [0.15, 0.2) is 0 Å². The molecular weight excluding hydrogens is 316 g/mol. The maximum absolute atomic E-state index is 11.4. The molecule has 1 unspecified atom stereocenters. The van der Waals surface area contributed by atoms with Gasteiger partial charge in [0.25, 0.3) is 0 Å². The lowest BCUT2D eigenvalue weighted by Crippen LogP contribution is -2.25. The van der Waals surface area contributed by atoms with Crippen molar-refractivity contribution in [1.82, 2.24) is 10.3 Å². The van der Waals surface area contributed by atoms with Gasteiger partial charge in [-0.05, 0) is 41.2 Å². The van der Waals surface area contributed by atoms with Gasteiger partial charge in [-0.15, -0.1) is 0 Å². The molecule has 1 aromatic heterocycles. The summed E-state index contributed by atoms with van der Waals surface area (Å²) in [5.41, 5.74) is 2.36. The molecule has 0 amide bonds. The molecule has 0 bridgehead atoms. The van der Waals surface area contributed by atoms with Crippen LogP contribution in [0.2, 0.25) is 0 Å². The number of pyridine rings is 1. The minimum absolute atomic E-state index is 0.143. The number of rotatable bonds is 7. The Kier molecular flexibility index (Phi) is 6.15. The van der Waals surface area contributed by atoms with Crippen molar-refractivity contribution < 1.29 is 14.6 Å². The molecule has 1 atom stereocenters. The van der Waals surface area contributed by atoms with E-state index in [0.29, 0.717) is 12.3 Å². The Morgan fingerprint density at radius 1 is 1.32 bits per heavy atom. The number of ether oxygens (including phenoxy) is 1. The number of benzene rings is 1. The summed E-state index contributed by atoms with van der Waals surface area (Å²) in [4.78, 5) is 15.6. The van der Waals surface area contributed by atoms with E-state index in [9.17, 15) is 9.90 Å². The number of methoxy groups -OCH3 is 1. The third-order valence-electron chi connectivity index (χ3n) is 3.95. The molecule has 0 aliphatic heterocycles. The van der Waals surface area contributed by atoms with Crippen molar-refractivity contribution in [3.05, 3.63) is 59.4 Å². The second-order valence-electron chi connectivity index (χ2n) is 7.32. The lowest BCUT2D eigenvalue weighted by atomic mass is 9.85. The van der Waals surface area contributed by atoms with E-state index in [4.69, 9.17) is 4.74 Å². The quantitative estimate of drug-likeness (QED) is 0.794. The Morgan fingerprint density at radius 3 is 2.64 bits per heavy atom. The fourth-order valence-electron chi connectivity index (χ4n) is 2.78. The maximum atomic E-state index is 11.4. The van der Waals surface area contributed by atoms with Gasteiger partial charge in [-0.2, -0.15) is 0 Å². The highest BCUT2D eigenvalue weighted by atomic mass is 16.5. The van der Waals surface area contributed by atoms with Crippen LogP contribution < -0.4 is 10.1 Å². The number of hydrogen-bond donors (Lipinski definition) is 2. The first-order chi connectivity index (χ1) is 11.8. The highest BCUT2D eigenvalue weighted by molar-refractivity contribution is 5.91. The van der Waals surface area contributed by atoms with Gasteiger partial charge < -0.3 is 15.2 Å². The number of aromatic carboxylic acids is 1. The molecule has 2 aromatic rings. The first kappa shape index (κ1) is 18.9. The summed E-state index contributed by atoms with van der Waals surface area (Å²) in [6, 6.07) is 9.38. The number of nitrogens with one attached hydrogen (secondary N) is 1. The molecule has 0 saturated heterocycles. The molecule has 5 nitrogen and oxygen atoms in total. The summed E-state index contributed by atoms with van der Waals surface area (Å²) in [7, 11) is 1.47. The van der Waals surface area contributed by atoms with E-state index >= 15 is 0 Å².